The number of benzene rings is 2. The molecule has 0 bridgehead atoms. The van der Waals surface area contributed by atoms with Crippen molar-refractivity contribution in [1.29, 1.82) is 0 Å². The van der Waals surface area contributed by atoms with Gasteiger partial charge < -0.3 is 9.67 Å². The first-order chi connectivity index (χ1) is 13.7. The summed E-state index contributed by atoms with van der Waals surface area (Å²) in [5.74, 6) is -0.953. The zero-order valence-electron chi connectivity index (χ0n) is 15.7. The summed E-state index contributed by atoms with van der Waals surface area (Å²) in [5.41, 5.74) is 3.46. The number of carboxylic acid groups (broad SMARTS) is 1. The maximum Gasteiger partial charge on any atom is 0.323 e. The Morgan fingerprint density at radius 2 is 1.93 bits per heavy atom. The Kier molecular flexibility index (Phi) is 4.59. The third-order valence-electron chi connectivity index (χ3n) is 4.98. The van der Waals surface area contributed by atoms with Crippen LogP contribution in [0.3, 0.4) is 0 Å². The van der Waals surface area contributed by atoms with Gasteiger partial charge in [0.25, 0.3) is 0 Å². The third kappa shape index (κ3) is 3.26. The number of hydrogen-bond acceptors (Lipinski definition) is 4. The van der Waals surface area contributed by atoms with Crippen molar-refractivity contribution in [3.8, 4) is 11.1 Å². The summed E-state index contributed by atoms with van der Waals surface area (Å²) in [6, 6.07) is 12.2. The van der Waals surface area contributed by atoms with E-state index in [4.69, 9.17) is 11.6 Å². The first-order valence-electron chi connectivity index (χ1n) is 8.77. The molecule has 1 N–H and O–H groups in total. The van der Waals surface area contributed by atoms with E-state index in [-0.39, 0.29) is 11.4 Å². The maximum absolute atomic E-state index is 12.2. The van der Waals surface area contributed by atoms with Gasteiger partial charge in [0.1, 0.15) is 6.54 Å². The lowest BCUT2D eigenvalue weighted by Gasteiger charge is -2.10. The molecule has 0 unspecified atom stereocenters. The molecule has 0 spiro atoms. The highest BCUT2D eigenvalue weighted by molar-refractivity contribution is 7.91. The lowest BCUT2D eigenvalue weighted by Crippen LogP contribution is -2.09. The van der Waals surface area contributed by atoms with Crippen LogP contribution in [0, 0.1) is 6.92 Å². The summed E-state index contributed by atoms with van der Waals surface area (Å²) in [6.45, 7) is 1.65. The van der Waals surface area contributed by atoms with E-state index in [1.165, 1.54) is 6.07 Å². The molecule has 8 heteroatoms. The van der Waals surface area contributed by atoms with Crippen molar-refractivity contribution in [1.82, 2.24) is 9.55 Å². The summed E-state index contributed by atoms with van der Waals surface area (Å²) in [6.07, 6.45) is 2.72. The summed E-state index contributed by atoms with van der Waals surface area (Å²) in [5, 5.41) is 11.4. The molecular formula is C21H17ClN2O4S. The molecule has 148 valence electrons. The predicted octanol–water partition coefficient (Wildman–Crippen LogP) is 4.31. The van der Waals surface area contributed by atoms with E-state index >= 15 is 0 Å². The summed E-state index contributed by atoms with van der Waals surface area (Å²) in [7, 11) is -3.46. The number of pyridine rings is 1. The second kappa shape index (κ2) is 6.86. The van der Waals surface area contributed by atoms with Crippen molar-refractivity contribution in [3.63, 3.8) is 0 Å². The minimum atomic E-state index is -3.46. The number of sulfone groups is 1. The van der Waals surface area contributed by atoms with Crippen molar-refractivity contribution in [3.05, 3.63) is 59.4 Å². The number of rotatable bonds is 4. The summed E-state index contributed by atoms with van der Waals surface area (Å²) in [4.78, 5) is 15.9. The van der Waals surface area contributed by atoms with Crippen LogP contribution in [0.1, 0.15) is 5.69 Å². The van der Waals surface area contributed by atoms with E-state index in [0.717, 1.165) is 34.0 Å². The molecule has 6 nitrogen and oxygen atoms in total. The van der Waals surface area contributed by atoms with Crippen LogP contribution >= 0.6 is 11.6 Å². The number of fused-ring (bicyclic) bond motifs is 2. The van der Waals surface area contributed by atoms with Crippen LogP contribution in [0.4, 0.5) is 0 Å². The Morgan fingerprint density at radius 1 is 1.17 bits per heavy atom. The lowest BCUT2D eigenvalue weighted by atomic mass is 9.98. The van der Waals surface area contributed by atoms with Crippen LogP contribution in [0.25, 0.3) is 32.9 Å². The quantitative estimate of drug-likeness (QED) is 0.523. The first-order valence-corrected chi connectivity index (χ1v) is 11.0. The molecule has 0 atom stereocenters. The molecule has 4 rings (SSSR count). The highest BCUT2D eigenvalue weighted by atomic mass is 35.5. The van der Waals surface area contributed by atoms with Gasteiger partial charge in [-0.2, -0.15) is 0 Å². The molecule has 4 aromatic rings. The van der Waals surface area contributed by atoms with Gasteiger partial charge in [-0.3, -0.25) is 9.78 Å². The molecular weight excluding hydrogens is 412 g/mol. The van der Waals surface area contributed by atoms with Gasteiger partial charge in [-0.05, 0) is 42.8 Å². The minimum absolute atomic E-state index is 0.154. The molecule has 29 heavy (non-hydrogen) atoms. The van der Waals surface area contributed by atoms with Gasteiger partial charge >= 0.3 is 5.97 Å². The number of hydrogen-bond donors (Lipinski definition) is 1. The molecule has 0 saturated carbocycles. The molecule has 0 aliphatic rings. The van der Waals surface area contributed by atoms with Crippen LogP contribution in [-0.4, -0.2) is 35.3 Å². The SMILES string of the molecule is Cc1c(-c2ccnc3c(S(C)(=O)=O)cccc23)c2cc(Cl)ccc2n1CC(=O)O. The normalized spacial score (nSPS) is 12.0. The van der Waals surface area contributed by atoms with E-state index in [2.05, 4.69) is 4.98 Å². The molecule has 2 aromatic carbocycles. The summed E-state index contributed by atoms with van der Waals surface area (Å²) < 4.78 is 26.2. The number of halogens is 1. The standard InChI is InChI=1S/C21H17ClN2O4S/c1-12-20(16-10-13(22)6-7-17(16)24(12)11-19(25)26)14-8-9-23-21-15(14)4-3-5-18(21)29(2,27)28/h3-10H,11H2,1-2H3,(H,25,26). The van der Waals surface area contributed by atoms with E-state index < -0.39 is 15.8 Å². The molecule has 0 amide bonds. The fourth-order valence-corrected chi connectivity index (χ4v) is 4.81. The average Bonchev–Trinajstić information content (AvgIpc) is 2.90. The maximum atomic E-state index is 12.2. The summed E-state index contributed by atoms with van der Waals surface area (Å²) >= 11 is 6.23. The Hall–Kier alpha value is -2.90. The van der Waals surface area contributed by atoms with Crippen molar-refractivity contribution < 1.29 is 18.3 Å². The molecule has 2 heterocycles. The first kappa shape index (κ1) is 19.4. The van der Waals surface area contributed by atoms with Crippen molar-refractivity contribution in [2.75, 3.05) is 6.26 Å². The van der Waals surface area contributed by atoms with E-state index in [9.17, 15) is 18.3 Å². The predicted molar refractivity (Wildman–Crippen MR) is 113 cm³/mol. The number of aromatic nitrogens is 2. The topological polar surface area (TPSA) is 89.3 Å². The molecule has 0 saturated heterocycles. The zero-order chi connectivity index (χ0) is 20.9. The number of nitrogens with zero attached hydrogens (tertiary/aromatic N) is 2. The second-order valence-corrected chi connectivity index (χ2v) is 9.31. The monoisotopic (exact) mass is 428 g/mol. The highest BCUT2D eigenvalue weighted by Crippen LogP contribution is 2.39. The molecule has 0 aliphatic carbocycles. The van der Waals surface area contributed by atoms with E-state index in [1.807, 2.05) is 19.1 Å². The van der Waals surface area contributed by atoms with Gasteiger partial charge in [0, 0.05) is 45.0 Å². The van der Waals surface area contributed by atoms with Crippen LogP contribution in [-0.2, 0) is 21.2 Å². The van der Waals surface area contributed by atoms with Gasteiger partial charge in [0.05, 0.1) is 10.4 Å². The van der Waals surface area contributed by atoms with Gasteiger partial charge in [0.15, 0.2) is 9.84 Å². The van der Waals surface area contributed by atoms with E-state index in [1.54, 1.807) is 35.0 Å². The second-order valence-electron chi connectivity index (χ2n) is 6.88. The Morgan fingerprint density at radius 3 is 2.62 bits per heavy atom. The third-order valence-corrected chi connectivity index (χ3v) is 6.35. The van der Waals surface area contributed by atoms with Crippen molar-refractivity contribution in [2.24, 2.45) is 0 Å². The molecule has 0 radical (unpaired) electrons. The molecule has 0 aliphatic heterocycles. The van der Waals surface area contributed by atoms with Crippen molar-refractivity contribution in [2.45, 2.75) is 18.4 Å². The lowest BCUT2D eigenvalue weighted by molar-refractivity contribution is -0.137. The highest BCUT2D eigenvalue weighted by Gasteiger charge is 2.21. The minimum Gasteiger partial charge on any atom is -0.480 e. The number of carboxylic acids is 1. The van der Waals surface area contributed by atoms with Gasteiger partial charge in [0.2, 0.25) is 0 Å². The van der Waals surface area contributed by atoms with Crippen LogP contribution in [0.15, 0.2) is 53.6 Å². The largest absolute Gasteiger partial charge is 0.480 e. The fourth-order valence-electron chi connectivity index (χ4n) is 3.80. The average molecular weight is 429 g/mol. The Balaban J connectivity index is 2.13. The molecule has 0 fully saturated rings. The van der Waals surface area contributed by atoms with Crippen molar-refractivity contribution >= 4 is 49.2 Å². The number of para-hydroxylation sites is 1. The van der Waals surface area contributed by atoms with Crippen LogP contribution < -0.4 is 0 Å². The van der Waals surface area contributed by atoms with Crippen LogP contribution in [0.2, 0.25) is 5.02 Å². The number of aliphatic carboxylic acids is 1. The van der Waals surface area contributed by atoms with Gasteiger partial charge in [-0.25, -0.2) is 8.42 Å². The van der Waals surface area contributed by atoms with E-state index in [0.29, 0.717) is 15.9 Å². The fraction of sp³-hybridized carbons (Fsp3) is 0.143. The van der Waals surface area contributed by atoms with Gasteiger partial charge in [-0.15, -0.1) is 0 Å². The molecule has 2 aromatic heterocycles. The van der Waals surface area contributed by atoms with Crippen LogP contribution in [0.5, 0.6) is 0 Å². The smallest absolute Gasteiger partial charge is 0.323 e. The Bertz CT molecular complexity index is 1410. The number of carbonyl (C=O) groups is 1. The Labute approximate surface area is 172 Å². The zero-order valence-corrected chi connectivity index (χ0v) is 17.3. The van der Waals surface area contributed by atoms with Gasteiger partial charge in [-0.1, -0.05) is 23.7 Å².